The lowest BCUT2D eigenvalue weighted by atomic mass is 10.0. The standard InChI is InChI=1S/C12H18N2O4/c1-8(9-6-5-7-18-9)13-11(17)14(4)12(2,3)10(15)16/h5-8H,1-4H3,(H,13,17)(H,15,16). The van der Waals surface area contributed by atoms with E-state index in [0.717, 1.165) is 4.90 Å². The number of likely N-dealkylation sites (N-methyl/N-ethyl adjacent to an activating group) is 1. The van der Waals surface area contributed by atoms with Crippen molar-refractivity contribution in [3.05, 3.63) is 24.2 Å². The predicted octanol–water partition coefficient (Wildman–Crippen LogP) is 1.85. The van der Waals surface area contributed by atoms with Crippen LogP contribution in [0.15, 0.2) is 22.8 Å². The van der Waals surface area contributed by atoms with Crippen molar-refractivity contribution in [1.29, 1.82) is 0 Å². The zero-order valence-electron chi connectivity index (χ0n) is 10.9. The molecule has 1 aromatic rings. The number of carboxylic acid groups (broad SMARTS) is 1. The Labute approximate surface area is 106 Å². The molecule has 1 atom stereocenters. The van der Waals surface area contributed by atoms with Crippen LogP contribution in [-0.2, 0) is 4.79 Å². The first-order valence-corrected chi connectivity index (χ1v) is 5.58. The highest BCUT2D eigenvalue weighted by Gasteiger charge is 2.35. The molecule has 18 heavy (non-hydrogen) atoms. The van der Waals surface area contributed by atoms with E-state index < -0.39 is 17.5 Å². The van der Waals surface area contributed by atoms with E-state index in [2.05, 4.69) is 5.32 Å². The Kier molecular flexibility index (Phi) is 4.00. The fourth-order valence-corrected chi connectivity index (χ4v) is 1.29. The van der Waals surface area contributed by atoms with Gasteiger partial charge in [0, 0.05) is 7.05 Å². The van der Waals surface area contributed by atoms with Crippen LogP contribution >= 0.6 is 0 Å². The van der Waals surface area contributed by atoms with Crippen molar-refractivity contribution in [1.82, 2.24) is 10.2 Å². The van der Waals surface area contributed by atoms with Crippen LogP contribution in [0.3, 0.4) is 0 Å². The molecule has 0 saturated carbocycles. The molecule has 0 aliphatic rings. The second kappa shape index (κ2) is 5.12. The molecule has 1 heterocycles. The summed E-state index contributed by atoms with van der Waals surface area (Å²) in [4.78, 5) is 24.1. The summed E-state index contributed by atoms with van der Waals surface area (Å²) < 4.78 is 5.16. The lowest BCUT2D eigenvalue weighted by Crippen LogP contribution is -2.54. The Balaban J connectivity index is 2.69. The Bertz CT molecular complexity index is 425. The van der Waals surface area contributed by atoms with Gasteiger partial charge in [-0.3, -0.25) is 0 Å². The zero-order valence-corrected chi connectivity index (χ0v) is 10.9. The summed E-state index contributed by atoms with van der Waals surface area (Å²) in [6.45, 7) is 4.69. The largest absolute Gasteiger partial charge is 0.480 e. The minimum atomic E-state index is -1.27. The number of carbonyl (C=O) groups excluding carboxylic acids is 1. The van der Waals surface area contributed by atoms with Gasteiger partial charge in [-0.2, -0.15) is 0 Å². The molecule has 2 amide bonds. The number of hydrogen-bond acceptors (Lipinski definition) is 3. The first kappa shape index (κ1) is 14.1. The minimum Gasteiger partial charge on any atom is -0.480 e. The van der Waals surface area contributed by atoms with Crippen LogP contribution in [0.1, 0.15) is 32.6 Å². The molecule has 6 nitrogen and oxygen atoms in total. The van der Waals surface area contributed by atoms with Gasteiger partial charge in [0.1, 0.15) is 11.3 Å². The highest BCUT2D eigenvalue weighted by Crippen LogP contribution is 2.16. The van der Waals surface area contributed by atoms with E-state index >= 15 is 0 Å². The molecule has 0 aliphatic carbocycles. The third-order valence-corrected chi connectivity index (χ3v) is 2.98. The average Bonchev–Trinajstić information content (AvgIpc) is 2.80. The predicted molar refractivity (Wildman–Crippen MR) is 65.1 cm³/mol. The number of hydrogen-bond donors (Lipinski definition) is 2. The van der Waals surface area contributed by atoms with Gasteiger partial charge in [0.2, 0.25) is 0 Å². The summed E-state index contributed by atoms with van der Waals surface area (Å²) in [6, 6.07) is 2.68. The molecular formula is C12H18N2O4. The first-order chi connectivity index (χ1) is 8.26. The van der Waals surface area contributed by atoms with E-state index in [1.807, 2.05) is 0 Å². The van der Waals surface area contributed by atoms with Gasteiger partial charge in [-0.25, -0.2) is 9.59 Å². The number of nitrogens with one attached hydrogen (secondary N) is 1. The van der Waals surface area contributed by atoms with Gasteiger partial charge in [0.05, 0.1) is 12.3 Å². The summed E-state index contributed by atoms with van der Waals surface area (Å²) in [5.41, 5.74) is -1.27. The summed E-state index contributed by atoms with van der Waals surface area (Å²) in [5, 5.41) is 11.7. The SMILES string of the molecule is CC(NC(=O)N(C)C(C)(C)C(=O)O)c1ccco1. The minimum absolute atomic E-state index is 0.320. The van der Waals surface area contributed by atoms with Gasteiger partial charge in [0.25, 0.3) is 0 Å². The number of carboxylic acids is 1. The van der Waals surface area contributed by atoms with Crippen molar-refractivity contribution in [2.24, 2.45) is 0 Å². The lowest BCUT2D eigenvalue weighted by Gasteiger charge is -2.32. The molecule has 0 bridgehead atoms. The Morgan fingerprint density at radius 1 is 1.50 bits per heavy atom. The zero-order chi connectivity index (χ0) is 13.9. The molecule has 1 rings (SSSR count). The molecule has 6 heteroatoms. The van der Waals surface area contributed by atoms with Crippen molar-refractivity contribution in [2.75, 3.05) is 7.05 Å². The molecular weight excluding hydrogens is 236 g/mol. The fraction of sp³-hybridized carbons (Fsp3) is 0.500. The van der Waals surface area contributed by atoms with E-state index in [1.165, 1.54) is 27.2 Å². The topological polar surface area (TPSA) is 82.8 Å². The molecule has 2 N–H and O–H groups in total. The Hall–Kier alpha value is -1.98. The third-order valence-electron chi connectivity index (χ3n) is 2.98. The van der Waals surface area contributed by atoms with Crippen LogP contribution in [-0.4, -0.2) is 34.6 Å². The number of carbonyl (C=O) groups is 2. The molecule has 0 aliphatic heterocycles. The van der Waals surface area contributed by atoms with Crippen molar-refractivity contribution in [2.45, 2.75) is 32.4 Å². The Morgan fingerprint density at radius 2 is 2.11 bits per heavy atom. The smallest absolute Gasteiger partial charge is 0.329 e. The molecule has 0 aromatic carbocycles. The molecule has 1 aromatic heterocycles. The number of aliphatic carboxylic acids is 1. The van der Waals surface area contributed by atoms with Gasteiger partial charge in [0.15, 0.2) is 0 Å². The molecule has 0 spiro atoms. The fourth-order valence-electron chi connectivity index (χ4n) is 1.29. The summed E-state index contributed by atoms with van der Waals surface area (Å²) in [6.07, 6.45) is 1.52. The monoisotopic (exact) mass is 254 g/mol. The quantitative estimate of drug-likeness (QED) is 0.858. The van der Waals surface area contributed by atoms with Gasteiger partial charge in [-0.05, 0) is 32.9 Å². The maximum absolute atomic E-state index is 11.9. The highest BCUT2D eigenvalue weighted by molar-refractivity contribution is 5.85. The number of nitrogens with zero attached hydrogens (tertiary/aromatic N) is 1. The molecule has 1 unspecified atom stereocenters. The van der Waals surface area contributed by atoms with E-state index in [9.17, 15) is 9.59 Å². The molecule has 0 radical (unpaired) electrons. The summed E-state index contributed by atoms with van der Waals surface area (Å²) in [7, 11) is 1.44. The van der Waals surface area contributed by atoms with E-state index in [0.29, 0.717) is 5.76 Å². The van der Waals surface area contributed by atoms with Crippen LogP contribution < -0.4 is 5.32 Å². The van der Waals surface area contributed by atoms with Crippen LogP contribution in [0.4, 0.5) is 4.79 Å². The number of furan rings is 1. The van der Waals surface area contributed by atoms with Crippen molar-refractivity contribution < 1.29 is 19.1 Å². The Morgan fingerprint density at radius 3 is 2.56 bits per heavy atom. The van der Waals surface area contributed by atoms with Crippen LogP contribution in [0.2, 0.25) is 0 Å². The second-order valence-corrected chi connectivity index (χ2v) is 4.61. The third kappa shape index (κ3) is 2.82. The maximum atomic E-state index is 11.9. The van der Waals surface area contributed by atoms with E-state index in [-0.39, 0.29) is 6.04 Å². The molecule has 100 valence electrons. The van der Waals surface area contributed by atoms with Crippen LogP contribution in [0.25, 0.3) is 0 Å². The normalized spacial score (nSPS) is 12.9. The van der Waals surface area contributed by atoms with Crippen LogP contribution in [0, 0.1) is 0 Å². The second-order valence-electron chi connectivity index (χ2n) is 4.61. The van der Waals surface area contributed by atoms with Crippen molar-refractivity contribution >= 4 is 12.0 Å². The van der Waals surface area contributed by atoms with E-state index in [1.54, 1.807) is 19.1 Å². The molecule has 0 fully saturated rings. The first-order valence-electron chi connectivity index (χ1n) is 5.58. The number of amides is 2. The number of urea groups is 1. The maximum Gasteiger partial charge on any atom is 0.329 e. The average molecular weight is 254 g/mol. The van der Waals surface area contributed by atoms with Crippen molar-refractivity contribution in [3.63, 3.8) is 0 Å². The van der Waals surface area contributed by atoms with E-state index in [4.69, 9.17) is 9.52 Å². The number of rotatable bonds is 4. The van der Waals surface area contributed by atoms with Crippen LogP contribution in [0.5, 0.6) is 0 Å². The van der Waals surface area contributed by atoms with Crippen molar-refractivity contribution in [3.8, 4) is 0 Å². The van der Waals surface area contributed by atoms with Gasteiger partial charge in [-0.15, -0.1) is 0 Å². The van der Waals surface area contributed by atoms with Gasteiger partial charge >= 0.3 is 12.0 Å². The van der Waals surface area contributed by atoms with Gasteiger partial charge < -0.3 is 19.7 Å². The highest BCUT2D eigenvalue weighted by atomic mass is 16.4. The summed E-state index contributed by atoms with van der Waals surface area (Å²) >= 11 is 0. The van der Waals surface area contributed by atoms with Gasteiger partial charge in [-0.1, -0.05) is 0 Å². The summed E-state index contributed by atoms with van der Waals surface area (Å²) in [5.74, 6) is -0.448. The lowest BCUT2D eigenvalue weighted by molar-refractivity contribution is -0.146. The molecule has 0 saturated heterocycles.